The maximum Gasteiger partial charge on any atom is 0.000848 e. The molecule has 1 heteroatoms. The molecule has 0 unspecified atom stereocenters. The van der Waals surface area contributed by atoms with Gasteiger partial charge in [-0.15, -0.1) is 0 Å². The highest BCUT2D eigenvalue weighted by atomic mass is 14.9. The van der Waals surface area contributed by atoms with E-state index in [-0.39, 0.29) is 0 Å². The fourth-order valence-corrected chi connectivity index (χ4v) is 2.96. The largest absolute Gasteiger partial charge is 0.316 e. The van der Waals surface area contributed by atoms with Gasteiger partial charge in [-0.1, -0.05) is 27.7 Å². The minimum absolute atomic E-state index is 0.627. The summed E-state index contributed by atoms with van der Waals surface area (Å²) in [7, 11) is 0. The van der Waals surface area contributed by atoms with Crippen LogP contribution < -0.4 is 5.32 Å². The van der Waals surface area contributed by atoms with Crippen molar-refractivity contribution in [2.24, 2.45) is 17.3 Å². The molecule has 1 aliphatic heterocycles. The zero-order valence-corrected chi connectivity index (χ0v) is 9.69. The molecule has 78 valence electrons. The molecule has 0 aliphatic carbocycles. The standard InChI is InChI=1S/C12H25N/c1-10(2)7-12(8-11(3)4)5-6-13-9-12/h10-11,13H,5-9H2,1-4H3. The van der Waals surface area contributed by atoms with Gasteiger partial charge in [0, 0.05) is 6.54 Å². The van der Waals surface area contributed by atoms with Gasteiger partial charge >= 0.3 is 0 Å². The SMILES string of the molecule is CC(C)CC1(CC(C)C)CCNC1. The van der Waals surface area contributed by atoms with E-state index >= 15 is 0 Å². The normalized spacial score (nSPS) is 21.7. The van der Waals surface area contributed by atoms with E-state index in [2.05, 4.69) is 33.0 Å². The first kappa shape index (κ1) is 11.0. The summed E-state index contributed by atoms with van der Waals surface area (Å²) >= 11 is 0. The summed E-state index contributed by atoms with van der Waals surface area (Å²) in [6.45, 7) is 11.9. The summed E-state index contributed by atoms with van der Waals surface area (Å²) in [6, 6.07) is 0. The number of nitrogens with one attached hydrogen (secondary N) is 1. The summed E-state index contributed by atoms with van der Waals surface area (Å²) in [5, 5.41) is 3.52. The lowest BCUT2D eigenvalue weighted by Crippen LogP contribution is -2.27. The minimum atomic E-state index is 0.627. The average molecular weight is 183 g/mol. The van der Waals surface area contributed by atoms with Crippen LogP contribution in [-0.4, -0.2) is 13.1 Å². The molecule has 0 spiro atoms. The van der Waals surface area contributed by atoms with E-state index in [4.69, 9.17) is 0 Å². The Bertz CT molecular complexity index is 131. The Hall–Kier alpha value is -0.0400. The van der Waals surface area contributed by atoms with E-state index < -0.39 is 0 Å². The lowest BCUT2D eigenvalue weighted by Gasteiger charge is -2.31. The van der Waals surface area contributed by atoms with Crippen LogP contribution in [0.5, 0.6) is 0 Å². The zero-order chi connectivity index (χ0) is 9.90. The van der Waals surface area contributed by atoms with Crippen molar-refractivity contribution in [1.29, 1.82) is 0 Å². The summed E-state index contributed by atoms with van der Waals surface area (Å²) < 4.78 is 0. The van der Waals surface area contributed by atoms with E-state index in [1.165, 1.54) is 32.4 Å². The molecular formula is C12H25N. The van der Waals surface area contributed by atoms with Crippen LogP contribution in [0.25, 0.3) is 0 Å². The van der Waals surface area contributed by atoms with Gasteiger partial charge in [0.05, 0.1) is 0 Å². The molecule has 0 atom stereocenters. The van der Waals surface area contributed by atoms with Crippen LogP contribution >= 0.6 is 0 Å². The lowest BCUT2D eigenvalue weighted by molar-refractivity contribution is 0.206. The van der Waals surface area contributed by atoms with Crippen molar-refractivity contribution in [3.8, 4) is 0 Å². The van der Waals surface area contributed by atoms with Crippen LogP contribution in [-0.2, 0) is 0 Å². The van der Waals surface area contributed by atoms with Crippen molar-refractivity contribution in [1.82, 2.24) is 5.32 Å². The van der Waals surface area contributed by atoms with E-state index in [0.717, 1.165) is 11.8 Å². The highest BCUT2D eigenvalue weighted by Crippen LogP contribution is 2.38. The minimum Gasteiger partial charge on any atom is -0.316 e. The molecule has 1 aliphatic rings. The summed E-state index contributed by atoms with van der Waals surface area (Å²) in [5.41, 5.74) is 0.627. The van der Waals surface area contributed by atoms with Crippen LogP contribution in [0.3, 0.4) is 0 Å². The van der Waals surface area contributed by atoms with E-state index in [1.54, 1.807) is 0 Å². The Morgan fingerprint density at radius 2 is 1.62 bits per heavy atom. The predicted octanol–water partition coefficient (Wildman–Crippen LogP) is 3.06. The molecular weight excluding hydrogens is 158 g/mol. The van der Waals surface area contributed by atoms with Gasteiger partial charge in [-0.25, -0.2) is 0 Å². The van der Waals surface area contributed by atoms with Gasteiger partial charge in [0.2, 0.25) is 0 Å². The van der Waals surface area contributed by atoms with Crippen LogP contribution in [0.2, 0.25) is 0 Å². The Morgan fingerprint density at radius 1 is 1.08 bits per heavy atom. The smallest absolute Gasteiger partial charge is 0.000848 e. The Balaban J connectivity index is 2.52. The van der Waals surface area contributed by atoms with Crippen LogP contribution in [0.4, 0.5) is 0 Å². The maximum absolute atomic E-state index is 3.52. The fraction of sp³-hybridized carbons (Fsp3) is 1.00. The van der Waals surface area contributed by atoms with E-state index in [1.807, 2.05) is 0 Å². The summed E-state index contributed by atoms with van der Waals surface area (Å²) in [5.74, 6) is 1.69. The molecule has 0 amide bonds. The zero-order valence-electron chi connectivity index (χ0n) is 9.69. The molecule has 13 heavy (non-hydrogen) atoms. The molecule has 1 N–H and O–H groups in total. The third kappa shape index (κ3) is 3.30. The number of hydrogen-bond acceptors (Lipinski definition) is 1. The quantitative estimate of drug-likeness (QED) is 0.706. The fourth-order valence-electron chi connectivity index (χ4n) is 2.96. The molecule has 1 heterocycles. The molecule has 0 aromatic heterocycles. The van der Waals surface area contributed by atoms with Crippen molar-refractivity contribution < 1.29 is 0 Å². The predicted molar refractivity (Wildman–Crippen MR) is 58.8 cm³/mol. The third-order valence-corrected chi connectivity index (χ3v) is 3.01. The van der Waals surface area contributed by atoms with Crippen molar-refractivity contribution in [3.63, 3.8) is 0 Å². The second-order valence-electron chi connectivity index (χ2n) is 5.62. The molecule has 1 rings (SSSR count). The number of rotatable bonds is 4. The van der Waals surface area contributed by atoms with Crippen molar-refractivity contribution in [3.05, 3.63) is 0 Å². The second-order valence-corrected chi connectivity index (χ2v) is 5.62. The highest BCUT2D eigenvalue weighted by molar-refractivity contribution is 4.89. The topological polar surface area (TPSA) is 12.0 Å². The second kappa shape index (κ2) is 4.45. The van der Waals surface area contributed by atoms with E-state index in [0.29, 0.717) is 5.41 Å². The molecule has 0 aromatic carbocycles. The van der Waals surface area contributed by atoms with Gasteiger partial charge < -0.3 is 5.32 Å². The van der Waals surface area contributed by atoms with Gasteiger partial charge in [-0.05, 0) is 43.1 Å². The average Bonchev–Trinajstić information content (AvgIpc) is 2.33. The maximum atomic E-state index is 3.52. The van der Waals surface area contributed by atoms with Crippen molar-refractivity contribution in [2.75, 3.05) is 13.1 Å². The van der Waals surface area contributed by atoms with Crippen LogP contribution in [0.15, 0.2) is 0 Å². The molecule has 0 aromatic rings. The van der Waals surface area contributed by atoms with Gasteiger partial charge in [0.15, 0.2) is 0 Å². The first-order valence-electron chi connectivity index (χ1n) is 5.75. The van der Waals surface area contributed by atoms with Crippen LogP contribution in [0.1, 0.15) is 47.0 Å². The number of hydrogen-bond donors (Lipinski definition) is 1. The van der Waals surface area contributed by atoms with Gasteiger partial charge in [0.25, 0.3) is 0 Å². The third-order valence-electron chi connectivity index (χ3n) is 3.01. The van der Waals surface area contributed by atoms with Gasteiger partial charge in [-0.2, -0.15) is 0 Å². The van der Waals surface area contributed by atoms with Gasteiger partial charge in [-0.3, -0.25) is 0 Å². The Kier molecular flexibility index (Phi) is 3.78. The summed E-state index contributed by atoms with van der Waals surface area (Å²) in [6.07, 6.45) is 4.19. The monoisotopic (exact) mass is 183 g/mol. The first-order valence-corrected chi connectivity index (χ1v) is 5.75. The molecule has 0 saturated carbocycles. The van der Waals surface area contributed by atoms with Crippen molar-refractivity contribution in [2.45, 2.75) is 47.0 Å². The molecule has 1 saturated heterocycles. The Morgan fingerprint density at radius 3 is 1.92 bits per heavy atom. The molecule has 1 fully saturated rings. The van der Waals surface area contributed by atoms with E-state index in [9.17, 15) is 0 Å². The van der Waals surface area contributed by atoms with Crippen molar-refractivity contribution >= 4 is 0 Å². The van der Waals surface area contributed by atoms with Crippen LogP contribution in [0, 0.1) is 17.3 Å². The lowest BCUT2D eigenvalue weighted by atomic mass is 9.74. The highest BCUT2D eigenvalue weighted by Gasteiger charge is 2.34. The Labute approximate surface area is 83.3 Å². The summed E-state index contributed by atoms with van der Waals surface area (Å²) in [4.78, 5) is 0. The molecule has 1 nitrogen and oxygen atoms in total. The molecule has 0 radical (unpaired) electrons. The van der Waals surface area contributed by atoms with Gasteiger partial charge in [0.1, 0.15) is 0 Å². The molecule has 0 bridgehead atoms. The first-order chi connectivity index (χ1) is 6.04.